The number of rotatable bonds is 1. The Kier molecular flexibility index (Phi) is 2.28. The molecule has 0 fully saturated rings. The fraction of sp³-hybridized carbons (Fsp3) is 0.300. The maximum absolute atomic E-state index is 10.5. The summed E-state index contributed by atoms with van der Waals surface area (Å²) < 4.78 is 0. The third-order valence-electron chi connectivity index (χ3n) is 2.46. The molecule has 13 heavy (non-hydrogen) atoms. The number of hydrogen-bond acceptors (Lipinski definition) is 3. The van der Waals surface area contributed by atoms with Crippen molar-refractivity contribution in [3.05, 3.63) is 22.3 Å². The van der Waals surface area contributed by atoms with E-state index in [1.165, 1.54) is 0 Å². The summed E-state index contributed by atoms with van der Waals surface area (Å²) >= 11 is 0. The van der Waals surface area contributed by atoms with E-state index in [1.54, 1.807) is 20.8 Å². The zero-order chi connectivity index (χ0) is 10.2. The van der Waals surface area contributed by atoms with Gasteiger partial charge in [0.15, 0.2) is 6.29 Å². The van der Waals surface area contributed by atoms with Gasteiger partial charge in [0.1, 0.15) is 11.5 Å². The molecule has 0 unspecified atom stereocenters. The molecular formula is C10H12O3. The first kappa shape index (κ1) is 9.58. The fourth-order valence-corrected chi connectivity index (χ4v) is 1.26. The van der Waals surface area contributed by atoms with Gasteiger partial charge in [-0.25, -0.2) is 0 Å². The fourth-order valence-electron chi connectivity index (χ4n) is 1.26. The molecule has 1 aromatic carbocycles. The standard InChI is InChI=1S/C10H12O3/c1-5-6(2)9(12)8(4-11)10(13)7(5)3/h4,12-13H,1-3H3. The second-order valence-electron chi connectivity index (χ2n) is 3.10. The summed E-state index contributed by atoms with van der Waals surface area (Å²) in [6, 6.07) is 0. The lowest BCUT2D eigenvalue weighted by atomic mass is 9.98. The van der Waals surface area contributed by atoms with Gasteiger partial charge in [-0.15, -0.1) is 0 Å². The number of aldehydes is 1. The lowest BCUT2D eigenvalue weighted by Crippen LogP contribution is -1.94. The van der Waals surface area contributed by atoms with Crippen LogP contribution in [0.5, 0.6) is 11.5 Å². The largest absolute Gasteiger partial charge is 0.507 e. The average Bonchev–Trinajstić information content (AvgIpc) is 2.13. The Morgan fingerprint density at radius 3 is 1.62 bits per heavy atom. The highest BCUT2D eigenvalue weighted by Crippen LogP contribution is 2.35. The van der Waals surface area contributed by atoms with Crippen molar-refractivity contribution in [2.24, 2.45) is 0 Å². The van der Waals surface area contributed by atoms with E-state index in [4.69, 9.17) is 0 Å². The van der Waals surface area contributed by atoms with E-state index in [-0.39, 0.29) is 17.1 Å². The second-order valence-corrected chi connectivity index (χ2v) is 3.10. The molecule has 0 heterocycles. The number of carbonyl (C=O) groups is 1. The first-order chi connectivity index (χ1) is 6.00. The minimum absolute atomic E-state index is 0.0272. The van der Waals surface area contributed by atoms with Crippen molar-refractivity contribution in [1.82, 2.24) is 0 Å². The van der Waals surface area contributed by atoms with Crippen molar-refractivity contribution in [3.63, 3.8) is 0 Å². The minimum atomic E-state index is -0.129. The molecule has 70 valence electrons. The van der Waals surface area contributed by atoms with Crippen LogP contribution in [0.2, 0.25) is 0 Å². The van der Waals surface area contributed by atoms with E-state index >= 15 is 0 Å². The molecule has 0 bridgehead atoms. The summed E-state index contributed by atoms with van der Waals surface area (Å²) in [7, 11) is 0. The van der Waals surface area contributed by atoms with Crippen LogP contribution in [0.15, 0.2) is 0 Å². The SMILES string of the molecule is Cc1c(C)c(O)c(C=O)c(O)c1C. The maximum Gasteiger partial charge on any atom is 0.157 e. The van der Waals surface area contributed by atoms with Gasteiger partial charge in [0.05, 0.1) is 5.56 Å². The summed E-state index contributed by atoms with van der Waals surface area (Å²) in [5.74, 6) is -0.258. The molecule has 0 amide bonds. The van der Waals surface area contributed by atoms with E-state index < -0.39 is 0 Å². The highest BCUT2D eigenvalue weighted by molar-refractivity contribution is 5.85. The van der Waals surface area contributed by atoms with Crippen molar-refractivity contribution in [2.45, 2.75) is 20.8 Å². The van der Waals surface area contributed by atoms with Gasteiger partial charge in [-0.1, -0.05) is 0 Å². The molecule has 3 nitrogen and oxygen atoms in total. The summed E-state index contributed by atoms with van der Waals surface area (Å²) in [5, 5.41) is 19.0. The van der Waals surface area contributed by atoms with E-state index in [0.29, 0.717) is 17.4 Å². The van der Waals surface area contributed by atoms with Gasteiger partial charge in [0.25, 0.3) is 0 Å². The smallest absolute Gasteiger partial charge is 0.157 e. The highest BCUT2D eigenvalue weighted by Gasteiger charge is 2.15. The summed E-state index contributed by atoms with van der Waals surface area (Å²) in [4.78, 5) is 10.5. The van der Waals surface area contributed by atoms with Gasteiger partial charge < -0.3 is 10.2 Å². The Morgan fingerprint density at radius 2 is 1.31 bits per heavy atom. The lowest BCUT2D eigenvalue weighted by Gasteiger charge is -2.11. The Balaban J connectivity index is 3.66. The zero-order valence-corrected chi connectivity index (χ0v) is 7.88. The van der Waals surface area contributed by atoms with Crippen LogP contribution in [0.3, 0.4) is 0 Å². The van der Waals surface area contributed by atoms with Crippen molar-refractivity contribution in [3.8, 4) is 11.5 Å². The number of phenolic OH excluding ortho intramolecular Hbond substituents is 2. The van der Waals surface area contributed by atoms with Gasteiger partial charge in [0.2, 0.25) is 0 Å². The monoisotopic (exact) mass is 180 g/mol. The zero-order valence-electron chi connectivity index (χ0n) is 7.88. The van der Waals surface area contributed by atoms with Crippen molar-refractivity contribution in [2.75, 3.05) is 0 Å². The van der Waals surface area contributed by atoms with E-state index in [9.17, 15) is 15.0 Å². The Labute approximate surface area is 76.6 Å². The minimum Gasteiger partial charge on any atom is -0.507 e. The molecule has 0 aromatic heterocycles. The number of aromatic hydroxyl groups is 2. The third kappa shape index (κ3) is 1.26. The highest BCUT2D eigenvalue weighted by atomic mass is 16.3. The number of carbonyl (C=O) groups excluding carboxylic acids is 1. The van der Waals surface area contributed by atoms with Crippen molar-refractivity contribution in [1.29, 1.82) is 0 Å². The normalized spacial score (nSPS) is 10.1. The maximum atomic E-state index is 10.5. The van der Waals surface area contributed by atoms with Crippen molar-refractivity contribution < 1.29 is 15.0 Å². The van der Waals surface area contributed by atoms with Crippen LogP contribution >= 0.6 is 0 Å². The molecular weight excluding hydrogens is 168 g/mol. The summed E-state index contributed by atoms with van der Waals surface area (Å²) in [6.07, 6.45) is 0.462. The summed E-state index contributed by atoms with van der Waals surface area (Å²) in [5.41, 5.74) is 2.05. The molecule has 0 aliphatic heterocycles. The van der Waals surface area contributed by atoms with Gasteiger partial charge in [-0.05, 0) is 37.5 Å². The van der Waals surface area contributed by atoms with E-state index in [2.05, 4.69) is 0 Å². The molecule has 2 N–H and O–H groups in total. The summed E-state index contributed by atoms with van der Waals surface area (Å²) in [6.45, 7) is 5.22. The van der Waals surface area contributed by atoms with Gasteiger partial charge >= 0.3 is 0 Å². The Morgan fingerprint density at radius 1 is 0.923 bits per heavy atom. The first-order valence-electron chi connectivity index (χ1n) is 3.97. The molecule has 0 saturated carbocycles. The topological polar surface area (TPSA) is 57.5 Å². The molecule has 0 aliphatic carbocycles. The van der Waals surface area contributed by atoms with Gasteiger partial charge in [-0.3, -0.25) is 4.79 Å². The van der Waals surface area contributed by atoms with Crippen molar-refractivity contribution >= 4 is 6.29 Å². The molecule has 0 atom stereocenters. The number of benzene rings is 1. The van der Waals surface area contributed by atoms with Crippen LogP contribution in [0.4, 0.5) is 0 Å². The second kappa shape index (κ2) is 3.09. The molecule has 1 rings (SSSR count). The molecule has 3 heteroatoms. The third-order valence-corrected chi connectivity index (χ3v) is 2.46. The van der Waals surface area contributed by atoms with Crippen LogP contribution in [-0.2, 0) is 0 Å². The predicted octanol–water partition coefficient (Wildman–Crippen LogP) is 1.84. The van der Waals surface area contributed by atoms with Crippen LogP contribution in [0.1, 0.15) is 27.0 Å². The van der Waals surface area contributed by atoms with E-state index in [1.807, 2.05) is 0 Å². The average molecular weight is 180 g/mol. The molecule has 0 saturated heterocycles. The van der Waals surface area contributed by atoms with Crippen LogP contribution in [-0.4, -0.2) is 16.5 Å². The van der Waals surface area contributed by atoms with Gasteiger partial charge in [0, 0.05) is 0 Å². The van der Waals surface area contributed by atoms with Crippen LogP contribution in [0.25, 0.3) is 0 Å². The molecule has 0 aliphatic rings. The quantitative estimate of drug-likeness (QED) is 0.648. The number of hydrogen-bond donors (Lipinski definition) is 2. The first-order valence-corrected chi connectivity index (χ1v) is 3.97. The lowest BCUT2D eigenvalue weighted by molar-refractivity contribution is 0.111. The molecule has 0 spiro atoms. The Bertz CT molecular complexity index is 338. The molecule has 0 radical (unpaired) electrons. The van der Waals surface area contributed by atoms with Crippen LogP contribution < -0.4 is 0 Å². The van der Waals surface area contributed by atoms with Gasteiger partial charge in [-0.2, -0.15) is 0 Å². The Hall–Kier alpha value is -1.51. The van der Waals surface area contributed by atoms with E-state index in [0.717, 1.165) is 5.56 Å². The molecule has 1 aromatic rings. The number of phenols is 2. The predicted molar refractivity (Wildman–Crippen MR) is 49.4 cm³/mol. The van der Waals surface area contributed by atoms with Crippen LogP contribution in [0, 0.1) is 20.8 Å².